The van der Waals surface area contributed by atoms with Crippen molar-refractivity contribution >= 4 is 39.0 Å². The van der Waals surface area contributed by atoms with Gasteiger partial charge in [0, 0.05) is 33.1 Å². The quantitative estimate of drug-likeness (QED) is 0.161. The zero-order valence-electron chi connectivity index (χ0n) is 33.1. The molecule has 9 aromatic carbocycles. The molecule has 0 spiro atoms. The Hall–Kier alpha value is -7.42. The van der Waals surface area contributed by atoms with Gasteiger partial charge in [-0.05, 0) is 110 Å². The van der Waals surface area contributed by atoms with Crippen LogP contribution in [0.3, 0.4) is 0 Å². The summed E-state index contributed by atoms with van der Waals surface area (Å²) in [4.78, 5) is 2.44. The number of hydrogen-bond donors (Lipinski definition) is 0. The fourth-order valence-electron chi connectivity index (χ4n) is 9.41. The molecular weight excluding hydrogens is 715 g/mol. The maximum absolute atomic E-state index is 6.40. The summed E-state index contributed by atoms with van der Waals surface area (Å²) in [7, 11) is 0. The molecule has 0 saturated carbocycles. The third kappa shape index (κ3) is 5.79. The lowest BCUT2D eigenvalue weighted by Crippen LogP contribution is -2.16. The lowest BCUT2D eigenvalue weighted by atomic mass is 9.82. The van der Waals surface area contributed by atoms with Gasteiger partial charge in [0.15, 0.2) is 0 Å². The van der Waals surface area contributed by atoms with Crippen LogP contribution in [0, 0.1) is 0 Å². The Bertz CT molecular complexity index is 3170. The highest BCUT2D eigenvalue weighted by Gasteiger charge is 2.36. The van der Waals surface area contributed by atoms with Crippen molar-refractivity contribution in [1.29, 1.82) is 0 Å². The Labute approximate surface area is 345 Å². The molecular formula is C57H41NO. The molecule has 2 heteroatoms. The first kappa shape index (κ1) is 34.8. The molecule has 0 unspecified atom stereocenters. The normalized spacial score (nSPS) is 12.7. The molecule has 10 aromatic rings. The average molecular weight is 756 g/mol. The Kier molecular flexibility index (Phi) is 8.20. The third-order valence-corrected chi connectivity index (χ3v) is 12.3. The topological polar surface area (TPSA) is 16.4 Å². The van der Waals surface area contributed by atoms with Gasteiger partial charge in [-0.15, -0.1) is 0 Å². The van der Waals surface area contributed by atoms with Crippen molar-refractivity contribution < 1.29 is 4.42 Å². The molecule has 1 aliphatic carbocycles. The van der Waals surface area contributed by atoms with Gasteiger partial charge in [-0.25, -0.2) is 0 Å². The lowest BCUT2D eigenvalue weighted by molar-refractivity contribution is 0.660. The minimum absolute atomic E-state index is 0.138. The van der Waals surface area contributed by atoms with Crippen LogP contribution in [-0.2, 0) is 5.41 Å². The predicted octanol–water partition coefficient (Wildman–Crippen LogP) is 16.0. The molecule has 1 aliphatic rings. The van der Waals surface area contributed by atoms with Gasteiger partial charge in [0.25, 0.3) is 0 Å². The van der Waals surface area contributed by atoms with Crippen LogP contribution in [0.2, 0.25) is 0 Å². The van der Waals surface area contributed by atoms with Crippen molar-refractivity contribution in [3.8, 4) is 55.6 Å². The van der Waals surface area contributed by atoms with Gasteiger partial charge in [0.05, 0.1) is 5.69 Å². The molecule has 0 radical (unpaired) electrons. The van der Waals surface area contributed by atoms with Crippen LogP contribution in [0.4, 0.5) is 17.1 Å². The Morgan fingerprint density at radius 2 is 0.932 bits per heavy atom. The second-order valence-electron chi connectivity index (χ2n) is 16.1. The number of rotatable bonds is 7. The van der Waals surface area contributed by atoms with E-state index in [-0.39, 0.29) is 5.41 Å². The van der Waals surface area contributed by atoms with E-state index in [1.807, 2.05) is 6.07 Å². The second-order valence-corrected chi connectivity index (χ2v) is 16.1. The van der Waals surface area contributed by atoms with Gasteiger partial charge in [-0.2, -0.15) is 0 Å². The van der Waals surface area contributed by atoms with E-state index in [1.54, 1.807) is 0 Å². The number of benzene rings is 9. The standard InChI is InChI=1S/C57H41NO/c1-57(2)51-24-12-9-20-45(51)46-35-33-43(37-52(46)57)58(53-25-13-10-21-47(53)48-23-15-27-55-56(48)49-22-11-14-26-54(49)59-55)42-31-28-38(29-32-42)41-30-34-44(39-16-5-3-6-17-39)50(36-41)40-18-7-4-8-19-40/h3-37H,1-2H3. The van der Waals surface area contributed by atoms with Gasteiger partial charge >= 0.3 is 0 Å². The molecule has 0 amide bonds. The van der Waals surface area contributed by atoms with Crippen LogP contribution < -0.4 is 4.90 Å². The van der Waals surface area contributed by atoms with Crippen LogP contribution >= 0.6 is 0 Å². The fourth-order valence-corrected chi connectivity index (χ4v) is 9.41. The SMILES string of the molecule is CC1(C)c2ccccc2-c2ccc(N(c3ccc(-c4ccc(-c5ccccc5)c(-c5ccccc5)c4)cc3)c3ccccc3-c3cccc4oc5ccccc5c34)cc21. The van der Waals surface area contributed by atoms with E-state index < -0.39 is 0 Å². The van der Waals surface area contributed by atoms with Crippen LogP contribution in [0.15, 0.2) is 217 Å². The minimum Gasteiger partial charge on any atom is -0.456 e. The Balaban J connectivity index is 1.08. The number of nitrogens with zero attached hydrogens (tertiary/aromatic N) is 1. The molecule has 0 aliphatic heterocycles. The number of furan rings is 1. The number of para-hydroxylation sites is 2. The number of fused-ring (bicyclic) bond motifs is 6. The monoisotopic (exact) mass is 755 g/mol. The Morgan fingerprint density at radius 1 is 0.356 bits per heavy atom. The van der Waals surface area contributed by atoms with Crippen LogP contribution in [-0.4, -0.2) is 0 Å². The molecule has 11 rings (SSSR count). The molecule has 0 fully saturated rings. The summed E-state index contributed by atoms with van der Waals surface area (Å²) >= 11 is 0. The first-order chi connectivity index (χ1) is 29.0. The van der Waals surface area contributed by atoms with Gasteiger partial charge in [0.2, 0.25) is 0 Å². The number of hydrogen-bond acceptors (Lipinski definition) is 2. The maximum Gasteiger partial charge on any atom is 0.136 e. The first-order valence-electron chi connectivity index (χ1n) is 20.4. The zero-order chi connectivity index (χ0) is 39.5. The van der Waals surface area contributed by atoms with Gasteiger partial charge in [-0.3, -0.25) is 0 Å². The molecule has 2 nitrogen and oxygen atoms in total. The van der Waals surface area contributed by atoms with Crippen molar-refractivity contribution in [2.75, 3.05) is 4.90 Å². The second kappa shape index (κ2) is 13.9. The summed E-state index contributed by atoms with van der Waals surface area (Å²) in [5.74, 6) is 0. The highest BCUT2D eigenvalue weighted by Crippen LogP contribution is 2.52. The molecule has 59 heavy (non-hydrogen) atoms. The molecule has 0 atom stereocenters. The maximum atomic E-state index is 6.40. The van der Waals surface area contributed by atoms with Crippen molar-refractivity contribution in [1.82, 2.24) is 0 Å². The van der Waals surface area contributed by atoms with E-state index in [4.69, 9.17) is 4.42 Å². The van der Waals surface area contributed by atoms with Crippen molar-refractivity contribution in [2.24, 2.45) is 0 Å². The largest absolute Gasteiger partial charge is 0.456 e. The molecule has 0 bridgehead atoms. The van der Waals surface area contributed by atoms with E-state index in [2.05, 4.69) is 225 Å². The molecule has 280 valence electrons. The van der Waals surface area contributed by atoms with Gasteiger partial charge in [0.1, 0.15) is 11.2 Å². The summed E-state index contributed by atoms with van der Waals surface area (Å²) in [6.45, 7) is 4.71. The first-order valence-corrected chi connectivity index (χ1v) is 20.4. The smallest absolute Gasteiger partial charge is 0.136 e. The summed E-state index contributed by atoms with van der Waals surface area (Å²) in [5, 5.41) is 2.25. The summed E-state index contributed by atoms with van der Waals surface area (Å²) in [5.41, 5.74) is 19.8. The van der Waals surface area contributed by atoms with E-state index in [0.717, 1.165) is 50.1 Å². The summed E-state index contributed by atoms with van der Waals surface area (Å²) < 4.78 is 6.40. The van der Waals surface area contributed by atoms with Crippen molar-refractivity contribution in [3.05, 3.63) is 223 Å². The Morgan fingerprint density at radius 3 is 1.73 bits per heavy atom. The zero-order valence-corrected chi connectivity index (χ0v) is 33.1. The van der Waals surface area contributed by atoms with Gasteiger partial charge in [-0.1, -0.05) is 178 Å². The van der Waals surface area contributed by atoms with E-state index in [1.165, 1.54) is 55.6 Å². The molecule has 0 saturated heterocycles. The van der Waals surface area contributed by atoms with E-state index in [9.17, 15) is 0 Å². The van der Waals surface area contributed by atoms with Crippen LogP contribution in [0.25, 0.3) is 77.6 Å². The minimum atomic E-state index is -0.138. The highest BCUT2D eigenvalue weighted by molar-refractivity contribution is 6.14. The number of anilines is 3. The van der Waals surface area contributed by atoms with Crippen molar-refractivity contribution in [3.63, 3.8) is 0 Å². The van der Waals surface area contributed by atoms with E-state index in [0.29, 0.717) is 0 Å². The predicted molar refractivity (Wildman–Crippen MR) is 248 cm³/mol. The summed E-state index contributed by atoms with van der Waals surface area (Å²) in [6.07, 6.45) is 0. The van der Waals surface area contributed by atoms with E-state index >= 15 is 0 Å². The highest BCUT2D eigenvalue weighted by atomic mass is 16.3. The average Bonchev–Trinajstić information content (AvgIpc) is 3.79. The van der Waals surface area contributed by atoms with Crippen LogP contribution in [0.5, 0.6) is 0 Å². The van der Waals surface area contributed by atoms with Crippen LogP contribution in [0.1, 0.15) is 25.0 Å². The van der Waals surface area contributed by atoms with Gasteiger partial charge < -0.3 is 9.32 Å². The third-order valence-electron chi connectivity index (χ3n) is 12.3. The molecule has 1 heterocycles. The lowest BCUT2D eigenvalue weighted by Gasteiger charge is -2.30. The molecule has 0 N–H and O–H groups in total. The molecule has 1 aromatic heterocycles. The fraction of sp³-hybridized carbons (Fsp3) is 0.0526. The summed E-state index contributed by atoms with van der Waals surface area (Å²) in [6, 6.07) is 76.9. The van der Waals surface area contributed by atoms with Crippen molar-refractivity contribution in [2.45, 2.75) is 19.3 Å².